The SMILES string of the molecule is CCOc1cc(CNCCN(C)C)ccc1OCc1cccs1. The van der Waals surface area contributed by atoms with Crippen LogP contribution in [0, 0.1) is 0 Å². The summed E-state index contributed by atoms with van der Waals surface area (Å²) in [5, 5.41) is 5.50. The summed E-state index contributed by atoms with van der Waals surface area (Å²) in [5.41, 5.74) is 1.20. The third-order valence-corrected chi connectivity index (χ3v) is 4.17. The third kappa shape index (κ3) is 6.22. The van der Waals surface area contributed by atoms with Crippen LogP contribution in [0.3, 0.4) is 0 Å². The van der Waals surface area contributed by atoms with Crippen molar-refractivity contribution in [2.75, 3.05) is 33.8 Å². The minimum atomic E-state index is 0.582. The molecular weight excluding hydrogens is 308 g/mol. The minimum Gasteiger partial charge on any atom is -0.490 e. The Balaban J connectivity index is 1.93. The van der Waals surface area contributed by atoms with Crippen LogP contribution in [0.2, 0.25) is 0 Å². The van der Waals surface area contributed by atoms with Gasteiger partial charge in [-0.15, -0.1) is 11.3 Å². The second kappa shape index (κ2) is 9.55. The van der Waals surface area contributed by atoms with Crippen LogP contribution in [0.5, 0.6) is 11.5 Å². The molecule has 0 aliphatic rings. The molecule has 0 fully saturated rings. The highest BCUT2D eigenvalue weighted by Gasteiger charge is 2.07. The van der Waals surface area contributed by atoms with E-state index in [1.807, 2.05) is 19.1 Å². The quantitative estimate of drug-likeness (QED) is 0.676. The molecule has 0 amide bonds. The van der Waals surface area contributed by atoms with E-state index >= 15 is 0 Å². The molecule has 2 rings (SSSR count). The Bertz CT molecular complexity index is 570. The van der Waals surface area contributed by atoms with E-state index in [0.717, 1.165) is 31.1 Å². The van der Waals surface area contributed by atoms with E-state index in [0.29, 0.717) is 13.2 Å². The van der Waals surface area contributed by atoms with Crippen LogP contribution in [0.1, 0.15) is 17.4 Å². The van der Waals surface area contributed by atoms with Crippen molar-refractivity contribution in [1.82, 2.24) is 10.2 Å². The third-order valence-electron chi connectivity index (χ3n) is 3.32. The lowest BCUT2D eigenvalue weighted by molar-refractivity contribution is 0.271. The van der Waals surface area contributed by atoms with Crippen molar-refractivity contribution in [2.24, 2.45) is 0 Å². The monoisotopic (exact) mass is 334 g/mol. The number of thiophene rings is 1. The molecule has 5 heteroatoms. The Kier molecular flexibility index (Phi) is 7.39. The number of rotatable bonds is 10. The first-order chi connectivity index (χ1) is 11.2. The van der Waals surface area contributed by atoms with Crippen LogP contribution >= 0.6 is 11.3 Å². The first kappa shape index (κ1) is 17.8. The molecule has 1 aromatic heterocycles. The number of likely N-dealkylation sites (N-methyl/N-ethyl adjacent to an activating group) is 1. The summed E-state index contributed by atoms with van der Waals surface area (Å²) in [5.74, 6) is 1.62. The van der Waals surface area contributed by atoms with Gasteiger partial charge in [0.15, 0.2) is 11.5 Å². The predicted octanol–water partition coefficient (Wildman–Crippen LogP) is 3.38. The van der Waals surface area contributed by atoms with Crippen LogP contribution in [0.4, 0.5) is 0 Å². The van der Waals surface area contributed by atoms with Gasteiger partial charge in [-0.2, -0.15) is 0 Å². The maximum Gasteiger partial charge on any atom is 0.161 e. The van der Waals surface area contributed by atoms with E-state index in [2.05, 4.69) is 47.9 Å². The van der Waals surface area contributed by atoms with Crippen molar-refractivity contribution in [3.63, 3.8) is 0 Å². The highest BCUT2D eigenvalue weighted by molar-refractivity contribution is 7.09. The lowest BCUT2D eigenvalue weighted by Gasteiger charge is -2.14. The lowest BCUT2D eigenvalue weighted by atomic mass is 10.2. The predicted molar refractivity (Wildman–Crippen MR) is 96.5 cm³/mol. The smallest absolute Gasteiger partial charge is 0.161 e. The summed E-state index contributed by atoms with van der Waals surface area (Å²) in [4.78, 5) is 3.38. The first-order valence-corrected chi connectivity index (χ1v) is 8.83. The Morgan fingerprint density at radius 1 is 1.13 bits per heavy atom. The molecule has 0 spiro atoms. The zero-order chi connectivity index (χ0) is 16.5. The van der Waals surface area contributed by atoms with Gasteiger partial charge in [-0.1, -0.05) is 12.1 Å². The van der Waals surface area contributed by atoms with Gasteiger partial charge in [-0.3, -0.25) is 0 Å². The van der Waals surface area contributed by atoms with Gasteiger partial charge < -0.3 is 19.7 Å². The zero-order valence-corrected chi connectivity index (χ0v) is 15.0. The molecule has 0 atom stereocenters. The van der Waals surface area contributed by atoms with Gasteiger partial charge in [0.2, 0.25) is 0 Å². The molecule has 0 aliphatic heterocycles. The van der Waals surface area contributed by atoms with E-state index in [9.17, 15) is 0 Å². The van der Waals surface area contributed by atoms with Gasteiger partial charge in [-0.25, -0.2) is 0 Å². The fraction of sp³-hybridized carbons (Fsp3) is 0.444. The van der Waals surface area contributed by atoms with Crippen molar-refractivity contribution in [3.05, 3.63) is 46.2 Å². The average Bonchev–Trinajstić information content (AvgIpc) is 3.04. The van der Waals surface area contributed by atoms with E-state index in [-0.39, 0.29) is 0 Å². The van der Waals surface area contributed by atoms with Gasteiger partial charge in [0.25, 0.3) is 0 Å². The fourth-order valence-electron chi connectivity index (χ4n) is 2.13. The van der Waals surface area contributed by atoms with Gasteiger partial charge in [-0.05, 0) is 50.2 Å². The van der Waals surface area contributed by atoms with E-state index in [1.54, 1.807) is 11.3 Å². The number of hydrogen-bond acceptors (Lipinski definition) is 5. The molecule has 0 radical (unpaired) electrons. The van der Waals surface area contributed by atoms with Crippen molar-refractivity contribution in [3.8, 4) is 11.5 Å². The molecule has 0 bridgehead atoms. The highest BCUT2D eigenvalue weighted by Crippen LogP contribution is 2.29. The zero-order valence-electron chi connectivity index (χ0n) is 14.2. The van der Waals surface area contributed by atoms with Crippen LogP contribution in [-0.4, -0.2) is 38.7 Å². The number of ether oxygens (including phenoxy) is 2. The molecule has 0 unspecified atom stereocenters. The molecule has 126 valence electrons. The summed E-state index contributed by atoms with van der Waals surface area (Å²) in [6, 6.07) is 10.3. The van der Waals surface area contributed by atoms with Gasteiger partial charge in [0.1, 0.15) is 6.61 Å². The molecule has 23 heavy (non-hydrogen) atoms. The summed E-state index contributed by atoms with van der Waals surface area (Å²) < 4.78 is 11.6. The van der Waals surface area contributed by atoms with Gasteiger partial charge in [0.05, 0.1) is 6.61 Å². The maximum absolute atomic E-state index is 5.90. The summed E-state index contributed by atoms with van der Waals surface area (Å²) in [7, 11) is 4.16. The summed E-state index contributed by atoms with van der Waals surface area (Å²) in [6.07, 6.45) is 0. The molecule has 1 heterocycles. The van der Waals surface area contributed by atoms with Crippen LogP contribution < -0.4 is 14.8 Å². The topological polar surface area (TPSA) is 33.7 Å². The summed E-state index contributed by atoms with van der Waals surface area (Å²) in [6.45, 7) is 6.03. The number of nitrogens with one attached hydrogen (secondary N) is 1. The molecule has 0 saturated carbocycles. The fourth-order valence-corrected chi connectivity index (χ4v) is 2.74. The molecule has 1 N–H and O–H groups in total. The lowest BCUT2D eigenvalue weighted by Crippen LogP contribution is -2.26. The van der Waals surface area contributed by atoms with Crippen molar-refractivity contribution < 1.29 is 9.47 Å². The Labute approximate surface area is 143 Å². The van der Waals surface area contributed by atoms with Gasteiger partial charge >= 0.3 is 0 Å². The van der Waals surface area contributed by atoms with Gasteiger partial charge in [0, 0.05) is 24.5 Å². The second-order valence-electron chi connectivity index (χ2n) is 5.56. The minimum absolute atomic E-state index is 0.582. The Morgan fingerprint density at radius 2 is 2.00 bits per heavy atom. The second-order valence-corrected chi connectivity index (χ2v) is 6.59. The van der Waals surface area contributed by atoms with Crippen LogP contribution in [0.25, 0.3) is 0 Å². The van der Waals surface area contributed by atoms with E-state index in [1.165, 1.54) is 10.4 Å². The van der Waals surface area contributed by atoms with Crippen LogP contribution in [0.15, 0.2) is 35.7 Å². The molecule has 0 aliphatic carbocycles. The molecular formula is C18H26N2O2S. The van der Waals surface area contributed by atoms with Crippen molar-refractivity contribution in [1.29, 1.82) is 0 Å². The van der Waals surface area contributed by atoms with E-state index < -0.39 is 0 Å². The Hall–Kier alpha value is -1.56. The normalized spacial score (nSPS) is 11.0. The average molecular weight is 334 g/mol. The molecule has 0 saturated heterocycles. The highest BCUT2D eigenvalue weighted by atomic mass is 32.1. The number of nitrogens with zero attached hydrogens (tertiary/aromatic N) is 1. The molecule has 4 nitrogen and oxygen atoms in total. The number of benzene rings is 1. The molecule has 1 aromatic carbocycles. The molecule has 2 aromatic rings. The largest absolute Gasteiger partial charge is 0.490 e. The number of hydrogen-bond donors (Lipinski definition) is 1. The maximum atomic E-state index is 5.90. The van der Waals surface area contributed by atoms with Crippen molar-refractivity contribution >= 4 is 11.3 Å². The first-order valence-electron chi connectivity index (χ1n) is 7.95. The van der Waals surface area contributed by atoms with Crippen molar-refractivity contribution in [2.45, 2.75) is 20.1 Å². The standard InChI is InChI=1S/C18H26N2O2S/c1-4-21-18-12-15(13-19-9-10-20(2)3)7-8-17(18)22-14-16-6-5-11-23-16/h5-8,11-12,19H,4,9-10,13-14H2,1-3H3. The van der Waals surface area contributed by atoms with Crippen LogP contribution in [-0.2, 0) is 13.2 Å². The Morgan fingerprint density at radius 3 is 2.70 bits per heavy atom. The summed E-state index contributed by atoms with van der Waals surface area (Å²) >= 11 is 1.70. The van der Waals surface area contributed by atoms with E-state index in [4.69, 9.17) is 9.47 Å².